The third kappa shape index (κ3) is 4.91. The van der Waals surface area contributed by atoms with Gasteiger partial charge >= 0.3 is 5.97 Å². The quantitative estimate of drug-likeness (QED) is 0.832. The van der Waals surface area contributed by atoms with Crippen molar-refractivity contribution in [3.8, 4) is 0 Å². The van der Waals surface area contributed by atoms with E-state index in [1.165, 1.54) is 12.1 Å². The van der Waals surface area contributed by atoms with E-state index in [1.54, 1.807) is 0 Å². The van der Waals surface area contributed by atoms with Gasteiger partial charge in [-0.1, -0.05) is 17.7 Å². The average molecular weight is 344 g/mol. The number of carbonyl (C=O) groups is 2. The van der Waals surface area contributed by atoms with Crippen molar-refractivity contribution in [3.05, 3.63) is 34.6 Å². The van der Waals surface area contributed by atoms with E-state index >= 15 is 0 Å². The van der Waals surface area contributed by atoms with Crippen LogP contribution in [0.5, 0.6) is 0 Å². The highest BCUT2D eigenvalue weighted by Gasteiger charge is 2.25. The van der Waals surface area contributed by atoms with Crippen molar-refractivity contribution in [2.24, 2.45) is 0 Å². The molecule has 1 aromatic carbocycles. The number of nitrogens with one attached hydrogen (secondary N) is 1. The predicted molar refractivity (Wildman–Crippen MR) is 82.7 cm³/mol. The summed E-state index contributed by atoms with van der Waals surface area (Å²) in [6.07, 6.45) is 2.81. The topological polar surface area (TPSA) is 75.6 Å². The highest BCUT2D eigenvalue weighted by Crippen LogP contribution is 2.23. The molecule has 3 unspecified atom stereocenters. The molecule has 126 valence electrons. The molecule has 1 aliphatic heterocycles. The number of aliphatic carboxylic acids is 1. The Morgan fingerprint density at radius 3 is 2.78 bits per heavy atom. The number of carboxylic acids is 1. The molecule has 1 amide bonds. The molecule has 1 aliphatic rings. The Morgan fingerprint density at radius 1 is 1.48 bits per heavy atom. The standard InChI is InChI=1S/C16H19ClFNO4/c1-9-2-4-11(23-9)5-7-14(20)19-15(16(21)22)10-3-6-12(17)13(18)8-10/h3,6,8-9,11,15H,2,4-5,7H2,1H3,(H,19,20)(H,21,22). The zero-order chi connectivity index (χ0) is 17.0. The molecule has 7 heteroatoms. The van der Waals surface area contributed by atoms with E-state index in [9.17, 15) is 19.1 Å². The van der Waals surface area contributed by atoms with E-state index in [0.29, 0.717) is 6.42 Å². The number of carboxylic acid groups (broad SMARTS) is 1. The van der Waals surface area contributed by atoms with E-state index in [1.807, 2.05) is 6.92 Å². The molecule has 0 bridgehead atoms. The van der Waals surface area contributed by atoms with Gasteiger partial charge in [0, 0.05) is 6.42 Å². The van der Waals surface area contributed by atoms with E-state index in [4.69, 9.17) is 16.3 Å². The summed E-state index contributed by atoms with van der Waals surface area (Å²) < 4.78 is 19.1. The Bertz CT molecular complexity index is 595. The van der Waals surface area contributed by atoms with Crippen LogP contribution < -0.4 is 5.32 Å². The van der Waals surface area contributed by atoms with Crippen molar-refractivity contribution < 1.29 is 23.8 Å². The normalized spacial score (nSPS) is 21.9. The van der Waals surface area contributed by atoms with Gasteiger partial charge in [-0.05, 0) is 43.9 Å². The molecule has 0 aromatic heterocycles. The summed E-state index contributed by atoms with van der Waals surface area (Å²) in [4.78, 5) is 23.3. The van der Waals surface area contributed by atoms with Gasteiger partial charge in [-0.3, -0.25) is 4.79 Å². The third-order valence-corrected chi connectivity index (χ3v) is 4.15. The Balaban J connectivity index is 1.94. The Kier molecular flexibility index (Phi) is 5.96. The molecule has 0 radical (unpaired) electrons. The highest BCUT2D eigenvalue weighted by molar-refractivity contribution is 6.30. The molecular weight excluding hydrogens is 325 g/mol. The maximum Gasteiger partial charge on any atom is 0.330 e. The second-order valence-electron chi connectivity index (χ2n) is 5.70. The molecule has 5 nitrogen and oxygen atoms in total. The van der Waals surface area contributed by atoms with Gasteiger partial charge in [0.1, 0.15) is 5.82 Å². The summed E-state index contributed by atoms with van der Waals surface area (Å²) in [5, 5.41) is 11.6. The minimum Gasteiger partial charge on any atom is -0.479 e. The summed E-state index contributed by atoms with van der Waals surface area (Å²) in [6.45, 7) is 1.98. The lowest BCUT2D eigenvalue weighted by molar-refractivity contribution is -0.142. The molecule has 2 rings (SSSR count). The van der Waals surface area contributed by atoms with E-state index in [2.05, 4.69) is 5.32 Å². The van der Waals surface area contributed by atoms with Gasteiger partial charge in [0.15, 0.2) is 6.04 Å². The van der Waals surface area contributed by atoms with Crippen LogP contribution in [-0.4, -0.2) is 29.2 Å². The monoisotopic (exact) mass is 343 g/mol. The van der Waals surface area contributed by atoms with Crippen LogP contribution in [0.25, 0.3) is 0 Å². The van der Waals surface area contributed by atoms with Gasteiger partial charge in [-0.25, -0.2) is 9.18 Å². The van der Waals surface area contributed by atoms with Crippen molar-refractivity contribution in [1.29, 1.82) is 0 Å². The number of carbonyl (C=O) groups excluding carboxylic acids is 1. The van der Waals surface area contributed by atoms with Crippen LogP contribution in [-0.2, 0) is 14.3 Å². The van der Waals surface area contributed by atoms with Gasteiger partial charge in [0.25, 0.3) is 0 Å². The first-order valence-electron chi connectivity index (χ1n) is 7.49. The molecule has 0 spiro atoms. The molecule has 1 heterocycles. The highest BCUT2D eigenvalue weighted by atomic mass is 35.5. The molecule has 23 heavy (non-hydrogen) atoms. The van der Waals surface area contributed by atoms with Crippen LogP contribution in [0.15, 0.2) is 18.2 Å². The molecule has 3 atom stereocenters. The molecule has 2 N–H and O–H groups in total. The summed E-state index contributed by atoms with van der Waals surface area (Å²) in [5.41, 5.74) is 0.137. The lowest BCUT2D eigenvalue weighted by atomic mass is 10.1. The predicted octanol–water partition coefficient (Wildman–Crippen LogP) is 3.07. The van der Waals surface area contributed by atoms with Crippen molar-refractivity contribution in [2.45, 2.75) is 50.9 Å². The number of hydrogen-bond donors (Lipinski definition) is 2. The maximum atomic E-state index is 13.5. The minimum atomic E-state index is -1.31. The molecule has 0 saturated carbocycles. The van der Waals surface area contributed by atoms with Crippen LogP contribution in [0, 0.1) is 5.82 Å². The lowest BCUT2D eigenvalue weighted by Crippen LogP contribution is -2.34. The van der Waals surface area contributed by atoms with Gasteiger partial charge in [0.2, 0.25) is 5.91 Å². The number of halogens is 2. The fraction of sp³-hybridized carbons (Fsp3) is 0.500. The second kappa shape index (κ2) is 7.75. The first kappa shape index (κ1) is 17.7. The fourth-order valence-corrected chi connectivity index (χ4v) is 2.72. The molecular formula is C16H19ClFNO4. The summed E-state index contributed by atoms with van der Waals surface area (Å²) >= 11 is 5.58. The summed E-state index contributed by atoms with van der Waals surface area (Å²) in [5.74, 6) is -2.39. The lowest BCUT2D eigenvalue weighted by Gasteiger charge is -2.16. The zero-order valence-corrected chi connectivity index (χ0v) is 13.5. The van der Waals surface area contributed by atoms with Crippen LogP contribution >= 0.6 is 11.6 Å². The van der Waals surface area contributed by atoms with Gasteiger partial charge in [0.05, 0.1) is 17.2 Å². The number of ether oxygens (including phenoxy) is 1. The van der Waals surface area contributed by atoms with Crippen molar-refractivity contribution in [2.75, 3.05) is 0 Å². The molecule has 0 aliphatic carbocycles. The van der Waals surface area contributed by atoms with E-state index < -0.39 is 23.7 Å². The zero-order valence-electron chi connectivity index (χ0n) is 12.7. The van der Waals surface area contributed by atoms with Crippen LogP contribution in [0.4, 0.5) is 4.39 Å². The number of hydrogen-bond acceptors (Lipinski definition) is 3. The van der Waals surface area contributed by atoms with Crippen molar-refractivity contribution in [1.82, 2.24) is 5.32 Å². The smallest absolute Gasteiger partial charge is 0.330 e. The second-order valence-corrected chi connectivity index (χ2v) is 6.10. The summed E-state index contributed by atoms with van der Waals surface area (Å²) in [7, 11) is 0. The number of rotatable bonds is 6. The SMILES string of the molecule is CC1CCC(CCC(=O)NC(C(=O)O)c2ccc(Cl)c(F)c2)O1. The largest absolute Gasteiger partial charge is 0.479 e. The Morgan fingerprint density at radius 2 is 2.22 bits per heavy atom. The van der Waals surface area contributed by atoms with Crippen LogP contribution in [0.3, 0.4) is 0 Å². The first-order valence-corrected chi connectivity index (χ1v) is 7.87. The number of amides is 1. The van der Waals surface area contributed by atoms with Gasteiger partial charge in [-0.15, -0.1) is 0 Å². The Labute approximate surface area is 138 Å². The Hall–Kier alpha value is -1.66. The summed E-state index contributed by atoms with van der Waals surface area (Å²) in [6, 6.07) is 2.36. The average Bonchev–Trinajstić information content (AvgIpc) is 2.91. The molecule has 1 fully saturated rings. The maximum absolute atomic E-state index is 13.5. The minimum absolute atomic E-state index is 0.0343. The molecule has 1 saturated heterocycles. The molecule has 1 aromatic rings. The van der Waals surface area contributed by atoms with Crippen molar-refractivity contribution >= 4 is 23.5 Å². The van der Waals surface area contributed by atoms with Crippen LogP contribution in [0.2, 0.25) is 5.02 Å². The number of benzene rings is 1. The van der Waals surface area contributed by atoms with Gasteiger partial charge in [-0.2, -0.15) is 0 Å². The first-order chi connectivity index (χ1) is 10.9. The van der Waals surface area contributed by atoms with Gasteiger partial charge < -0.3 is 15.2 Å². The van der Waals surface area contributed by atoms with Crippen LogP contribution in [0.1, 0.15) is 44.2 Å². The van der Waals surface area contributed by atoms with E-state index in [-0.39, 0.29) is 29.2 Å². The fourth-order valence-electron chi connectivity index (χ4n) is 2.60. The third-order valence-electron chi connectivity index (χ3n) is 3.84. The van der Waals surface area contributed by atoms with E-state index in [0.717, 1.165) is 18.9 Å². The van der Waals surface area contributed by atoms with Crippen molar-refractivity contribution in [3.63, 3.8) is 0 Å².